The van der Waals surface area contributed by atoms with E-state index in [0.29, 0.717) is 15.9 Å². The summed E-state index contributed by atoms with van der Waals surface area (Å²) in [7, 11) is -3.41. The molecule has 1 atom stereocenters. The highest BCUT2D eigenvalue weighted by Crippen LogP contribution is 2.30. The number of hydrogen-bond acceptors (Lipinski definition) is 3. The van der Waals surface area contributed by atoms with E-state index in [1.165, 1.54) is 0 Å². The number of hydrogen-bond donors (Lipinski definition) is 0. The van der Waals surface area contributed by atoms with Gasteiger partial charge < -0.3 is 0 Å². The molecule has 2 rings (SSSR count). The number of thioether (sulfide) groups is 1. The fourth-order valence-electron chi connectivity index (χ4n) is 1.88. The zero-order valence-electron chi connectivity index (χ0n) is 9.77. The summed E-state index contributed by atoms with van der Waals surface area (Å²) in [4.78, 5) is 0.337. The standard InChI is InChI=1S/C11H13Br2NO2S2/c1-8-7-17-5-4-14(8)18(15,16)11-3-2-9(12)6-10(11)13/h2-3,6,8H,4-5,7H2,1H3. The van der Waals surface area contributed by atoms with E-state index < -0.39 is 10.0 Å². The number of nitrogens with zero attached hydrogens (tertiary/aromatic N) is 1. The van der Waals surface area contributed by atoms with Crippen molar-refractivity contribution in [1.29, 1.82) is 0 Å². The van der Waals surface area contributed by atoms with Crippen molar-refractivity contribution in [3.63, 3.8) is 0 Å². The van der Waals surface area contributed by atoms with Crippen molar-refractivity contribution in [1.82, 2.24) is 4.31 Å². The van der Waals surface area contributed by atoms with Gasteiger partial charge in [-0.3, -0.25) is 0 Å². The van der Waals surface area contributed by atoms with Gasteiger partial charge in [-0.05, 0) is 41.1 Å². The van der Waals surface area contributed by atoms with E-state index in [1.54, 1.807) is 34.3 Å². The highest BCUT2D eigenvalue weighted by atomic mass is 79.9. The molecular weight excluding hydrogens is 402 g/mol. The van der Waals surface area contributed by atoms with E-state index in [2.05, 4.69) is 31.9 Å². The molecular formula is C11H13Br2NO2S2. The second-order valence-electron chi connectivity index (χ2n) is 4.11. The van der Waals surface area contributed by atoms with Gasteiger partial charge in [0.05, 0.1) is 4.90 Å². The maximum Gasteiger partial charge on any atom is 0.244 e. The number of benzene rings is 1. The van der Waals surface area contributed by atoms with E-state index in [-0.39, 0.29) is 6.04 Å². The minimum Gasteiger partial charge on any atom is -0.207 e. The Morgan fingerprint density at radius 1 is 1.39 bits per heavy atom. The fourth-order valence-corrected chi connectivity index (χ4v) is 6.44. The zero-order valence-corrected chi connectivity index (χ0v) is 14.6. The van der Waals surface area contributed by atoms with Gasteiger partial charge in [0.25, 0.3) is 0 Å². The van der Waals surface area contributed by atoms with Crippen LogP contribution in [-0.4, -0.2) is 36.8 Å². The van der Waals surface area contributed by atoms with Crippen molar-refractivity contribution in [3.05, 3.63) is 27.1 Å². The summed E-state index contributed by atoms with van der Waals surface area (Å²) in [6.45, 7) is 2.53. The Morgan fingerprint density at radius 3 is 2.72 bits per heavy atom. The third kappa shape index (κ3) is 2.95. The highest BCUT2D eigenvalue weighted by molar-refractivity contribution is 9.11. The minimum absolute atomic E-state index is 0.0456. The Labute approximate surface area is 129 Å². The van der Waals surface area contributed by atoms with Crippen LogP contribution in [0, 0.1) is 0 Å². The topological polar surface area (TPSA) is 37.4 Å². The Morgan fingerprint density at radius 2 is 2.11 bits per heavy atom. The molecule has 0 spiro atoms. The monoisotopic (exact) mass is 413 g/mol. The molecule has 0 radical (unpaired) electrons. The molecule has 100 valence electrons. The molecule has 1 saturated heterocycles. The van der Waals surface area contributed by atoms with Crippen molar-refractivity contribution in [3.8, 4) is 0 Å². The molecule has 1 unspecified atom stereocenters. The third-order valence-electron chi connectivity index (χ3n) is 2.79. The summed E-state index contributed by atoms with van der Waals surface area (Å²) < 4.78 is 28.3. The molecule has 18 heavy (non-hydrogen) atoms. The maximum atomic E-state index is 12.6. The zero-order chi connectivity index (χ0) is 13.3. The van der Waals surface area contributed by atoms with Gasteiger partial charge in [0.15, 0.2) is 0 Å². The Kier molecular flexibility index (Phi) is 4.80. The van der Waals surface area contributed by atoms with E-state index in [4.69, 9.17) is 0 Å². The lowest BCUT2D eigenvalue weighted by molar-refractivity contribution is 0.367. The normalized spacial score (nSPS) is 22.1. The van der Waals surface area contributed by atoms with Crippen molar-refractivity contribution < 1.29 is 8.42 Å². The SMILES string of the molecule is CC1CSCCN1S(=O)(=O)c1ccc(Br)cc1Br. The van der Waals surface area contributed by atoms with Crippen LogP contribution in [0.15, 0.2) is 32.0 Å². The summed E-state index contributed by atoms with van der Waals surface area (Å²) in [6.07, 6.45) is 0. The summed E-state index contributed by atoms with van der Waals surface area (Å²) in [5.74, 6) is 1.71. The first kappa shape index (κ1) is 14.8. The van der Waals surface area contributed by atoms with Crippen molar-refractivity contribution in [2.45, 2.75) is 17.9 Å². The Hall–Kier alpha value is 0.440. The van der Waals surface area contributed by atoms with E-state index in [1.807, 2.05) is 6.92 Å². The second kappa shape index (κ2) is 5.83. The quantitative estimate of drug-likeness (QED) is 0.744. The molecule has 0 amide bonds. The van der Waals surface area contributed by atoms with Crippen LogP contribution in [0.3, 0.4) is 0 Å². The van der Waals surface area contributed by atoms with Crippen LogP contribution in [0.5, 0.6) is 0 Å². The average Bonchev–Trinajstić information content (AvgIpc) is 2.28. The second-order valence-corrected chi connectivity index (χ2v) is 8.89. The predicted molar refractivity (Wildman–Crippen MR) is 82.5 cm³/mol. The van der Waals surface area contributed by atoms with E-state index >= 15 is 0 Å². The summed E-state index contributed by atoms with van der Waals surface area (Å²) in [5.41, 5.74) is 0. The fraction of sp³-hybridized carbons (Fsp3) is 0.455. The van der Waals surface area contributed by atoms with Gasteiger partial charge in [-0.15, -0.1) is 0 Å². The molecule has 0 bridgehead atoms. The van der Waals surface area contributed by atoms with Crippen LogP contribution in [-0.2, 0) is 10.0 Å². The first-order valence-corrected chi connectivity index (χ1v) is 9.65. The van der Waals surface area contributed by atoms with Crippen molar-refractivity contribution in [2.24, 2.45) is 0 Å². The average molecular weight is 415 g/mol. The van der Waals surface area contributed by atoms with Crippen LogP contribution in [0.25, 0.3) is 0 Å². The molecule has 1 aromatic rings. The van der Waals surface area contributed by atoms with E-state index in [9.17, 15) is 8.42 Å². The van der Waals surface area contributed by atoms with Crippen LogP contribution < -0.4 is 0 Å². The van der Waals surface area contributed by atoms with Gasteiger partial charge in [-0.1, -0.05) is 15.9 Å². The summed E-state index contributed by atoms with van der Waals surface area (Å²) in [6, 6.07) is 5.19. The molecule has 0 saturated carbocycles. The first-order chi connectivity index (χ1) is 8.43. The number of halogens is 2. The van der Waals surface area contributed by atoms with Gasteiger partial charge in [0.1, 0.15) is 0 Å². The lowest BCUT2D eigenvalue weighted by Crippen LogP contribution is -2.44. The summed E-state index contributed by atoms with van der Waals surface area (Å²) >= 11 is 8.46. The van der Waals surface area contributed by atoms with Crippen LogP contribution in [0.1, 0.15) is 6.92 Å². The van der Waals surface area contributed by atoms with Gasteiger partial charge in [-0.2, -0.15) is 16.1 Å². The third-order valence-corrected chi connectivity index (χ3v) is 7.46. The molecule has 1 aromatic carbocycles. The minimum atomic E-state index is -3.41. The molecule has 1 heterocycles. The molecule has 0 aliphatic carbocycles. The van der Waals surface area contributed by atoms with Gasteiger partial charge in [0.2, 0.25) is 10.0 Å². The predicted octanol–water partition coefficient (Wildman–Crippen LogP) is 3.34. The maximum absolute atomic E-state index is 12.6. The number of sulfonamides is 1. The molecule has 3 nitrogen and oxygen atoms in total. The van der Waals surface area contributed by atoms with Gasteiger partial charge in [0, 0.05) is 33.0 Å². The van der Waals surface area contributed by atoms with Crippen LogP contribution >= 0.6 is 43.6 Å². The lowest BCUT2D eigenvalue weighted by Gasteiger charge is -2.32. The summed E-state index contributed by atoms with van der Waals surface area (Å²) in [5, 5.41) is 0. The van der Waals surface area contributed by atoms with Gasteiger partial charge in [-0.25, -0.2) is 8.42 Å². The number of rotatable bonds is 2. The lowest BCUT2D eigenvalue weighted by atomic mass is 10.4. The van der Waals surface area contributed by atoms with Crippen molar-refractivity contribution in [2.75, 3.05) is 18.1 Å². The molecule has 1 aliphatic heterocycles. The Balaban J connectivity index is 2.41. The van der Waals surface area contributed by atoms with Crippen molar-refractivity contribution >= 4 is 53.6 Å². The largest absolute Gasteiger partial charge is 0.244 e. The molecule has 1 fully saturated rings. The molecule has 1 aliphatic rings. The smallest absolute Gasteiger partial charge is 0.207 e. The van der Waals surface area contributed by atoms with Gasteiger partial charge >= 0.3 is 0 Å². The molecule has 0 aromatic heterocycles. The molecule has 0 N–H and O–H groups in total. The molecule has 7 heteroatoms. The first-order valence-electron chi connectivity index (χ1n) is 5.47. The van der Waals surface area contributed by atoms with Crippen LogP contribution in [0.4, 0.5) is 0 Å². The van der Waals surface area contributed by atoms with E-state index in [0.717, 1.165) is 16.0 Å². The highest BCUT2D eigenvalue weighted by Gasteiger charge is 2.32. The Bertz CT molecular complexity index is 548. The van der Waals surface area contributed by atoms with Crippen LogP contribution in [0.2, 0.25) is 0 Å².